The van der Waals surface area contributed by atoms with Crippen LogP contribution in [0.15, 0.2) is 65.1 Å². The molecule has 152 valence electrons. The summed E-state index contributed by atoms with van der Waals surface area (Å²) >= 11 is 1.18. The SMILES string of the molecule is C=CCn1c(=O)c2ccccc2n2c(SCC(=O)Nc3ccc(C)c(F)c3)nnc12. The third kappa shape index (κ3) is 3.59. The van der Waals surface area contributed by atoms with E-state index in [-0.39, 0.29) is 29.6 Å². The van der Waals surface area contributed by atoms with Crippen molar-refractivity contribution in [2.45, 2.75) is 18.6 Å². The van der Waals surface area contributed by atoms with Crippen LogP contribution in [-0.2, 0) is 11.3 Å². The molecule has 0 unspecified atom stereocenters. The van der Waals surface area contributed by atoms with Gasteiger partial charge in [0.15, 0.2) is 5.16 Å². The van der Waals surface area contributed by atoms with E-state index in [2.05, 4.69) is 22.1 Å². The van der Waals surface area contributed by atoms with E-state index >= 15 is 0 Å². The highest BCUT2D eigenvalue weighted by atomic mass is 32.2. The van der Waals surface area contributed by atoms with Crippen LogP contribution in [0.5, 0.6) is 0 Å². The monoisotopic (exact) mass is 423 g/mol. The Morgan fingerprint density at radius 3 is 2.83 bits per heavy atom. The van der Waals surface area contributed by atoms with E-state index in [1.54, 1.807) is 41.7 Å². The van der Waals surface area contributed by atoms with Gasteiger partial charge in [0, 0.05) is 12.2 Å². The third-order valence-electron chi connectivity index (χ3n) is 4.58. The number of nitrogens with one attached hydrogen (secondary N) is 1. The number of aryl methyl sites for hydroxylation is 1. The predicted molar refractivity (Wildman–Crippen MR) is 115 cm³/mol. The van der Waals surface area contributed by atoms with Gasteiger partial charge in [-0.15, -0.1) is 16.8 Å². The molecule has 0 atom stereocenters. The molecule has 0 aliphatic carbocycles. The molecule has 2 aromatic heterocycles. The van der Waals surface area contributed by atoms with Gasteiger partial charge in [-0.1, -0.05) is 36.0 Å². The lowest BCUT2D eigenvalue weighted by molar-refractivity contribution is -0.113. The number of benzene rings is 2. The van der Waals surface area contributed by atoms with Gasteiger partial charge in [0.25, 0.3) is 5.56 Å². The highest BCUT2D eigenvalue weighted by molar-refractivity contribution is 7.99. The van der Waals surface area contributed by atoms with E-state index < -0.39 is 0 Å². The summed E-state index contributed by atoms with van der Waals surface area (Å²) in [6.07, 6.45) is 1.62. The number of anilines is 1. The van der Waals surface area contributed by atoms with Crippen LogP contribution >= 0.6 is 11.8 Å². The topological polar surface area (TPSA) is 81.3 Å². The van der Waals surface area contributed by atoms with Crippen molar-refractivity contribution in [2.75, 3.05) is 11.1 Å². The molecule has 0 spiro atoms. The van der Waals surface area contributed by atoms with E-state index in [1.165, 1.54) is 22.4 Å². The summed E-state index contributed by atoms with van der Waals surface area (Å²) in [6.45, 7) is 5.64. The zero-order valence-electron chi connectivity index (χ0n) is 16.1. The molecule has 0 bridgehead atoms. The predicted octanol–water partition coefficient (Wildman–Crippen LogP) is 3.41. The van der Waals surface area contributed by atoms with Crippen LogP contribution in [0.3, 0.4) is 0 Å². The lowest BCUT2D eigenvalue weighted by Gasteiger charge is -2.10. The summed E-state index contributed by atoms with van der Waals surface area (Å²) in [5.41, 5.74) is 1.38. The smallest absolute Gasteiger partial charge is 0.263 e. The molecular formula is C21H18FN5O2S. The highest BCUT2D eigenvalue weighted by Crippen LogP contribution is 2.22. The van der Waals surface area contributed by atoms with Gasteiger partial charge in [0.1, 0.15) is 5.82 Å². The molecule has 0 saturated carbocycles. The Balaban J connectivity index is 1.65. The van der Waals surface area contributed by atoms with Crippen molar-refractivity contribution in [1.82, 2.24) is 19.2 Å². The zero-order chi connectivity index (χ0) is 21.3. The number of carbonyl (C=O) groups is 1. The maximum atomic E-state index is 13.7. The van der Waals surface area contributed by atoms with Gasteiger partial charge >= 0.3 is 0 Å². The zero-order valence-corrected chi connectivity index (χ0v) is 16.9. The number of amides is 1. The van der Waals surface area contributed by atoms with Gasteiger partial charge in [0.2, 0.25) is 11.7 Å². The van der Waals surface area contributed by atoms with Crippen LogP contribution < -0.4 is 10.9 Å². The number of aromatic nitrogens is 4. The van der Waals surface area contributed by atoms with Crippen molar-refractivity contribution < 1.29 is 9.18 Å². The number of thioether (sulfide) groups is 1. The molecule has 1 N–H and O–H groups in total. The van der Waals surface area contributed by atoms with Gasteiger partial charge in [-0.3, -0.25) is 18.6 Å². The van der Waals surface area contributed by atoms with Crippen molar-refractivity contribution in [3.05, 3.63) is 76.9 Å². The summed E-state index contributed by atoms with van der Waals surface area (Å²) in [6, 6.07) is 11.7. The Labute approximate surface area is 175 Å². The molecule has 0 aliphatic heterocycles. The van der Waals surface area contributed by atoms with Crippen LogP contribution in [0, 0.1) is 12.7 Å². The molecule has 2 heterocycles. The van der Waals surface area contributed by atoms with Gasteiger partial charge in [-0.2, -0.15) is 0 Å². The summed E-state index contributed by atoms with van der Waals surface area (Å²) < 4.78 is 16.9. The minimum absolute atomic E-state index is 0.0468. The minimum Gasteiger partial charge on any atom is -0.325 e. The van der Waals surface area contributed by atoms with E-state index in [9.17, 15) is 14.0 Å². The molecular weight excluding hydrogens is 405 g/mol. The molecule has 9 heteroatoms. The number of allylic oxidation sites excluding steroid dienone is 1. The Bertz CT molecular complexity index is 1340. The number of para-hydroxylation sites is 1. The van der Waals surface area contributed by atoms with Gasteiger partial charge < -0.3 is 5.32 Å². The van der Waals surface area contributed by atoms with E-state index in [0.29, 0.717) is 33.1 Å². The van der Waals surface area contributed by atoms with Crippen LogP contribution in [-0.4, -0.2) is 30.8 Å². The van der Waals surface area contributed by atoms with Crippen molar-refractivity contribution in [2.24, 2.45) is 0 Å². The summed E-state index contributed by atoms with van der Waals surface area (Å²) in [5, 5.41) is 12.0. The van der Waals surface area contributed by atoms with Crippen molar-refractivity contribution in [3.63, 3.8) is 0 Å². The molecule has 0 radical (unpaired) electrons. The van der Waals surface area contributed by atoms with Gasteiger partial charge in [-0.05, 0) is 36.8 Å². The molecule has 4 aromatic rings. The first-order valence-electron chi connectivity index (χ1n) is 9.16. The van der Waals surface area contributed by atoms with Crippen LogP contribution in [0.25, 0.3) is 16.7 Å². The fraction of sp³-hybridized carbons (Fsp3) is 0.143. The average molecular weight is 423 g/mol. The van der Waals surface area contributed by atoms with Gasteiger partial charge in [0.05, 0.1) is 16.7 Å². The Morgan fingerprint density at radius 2 is 2.07 bits per heavy atom. The normalized spacial score (nSPS) is 11.1. The fourth-order valence-corrected chi connectivity index (χ4v) is 3.86. The first-order valence-corrected chi connectivity index (χ1v) is 10.1. The van der Waals surface area contributed by atoms with E-state index in [1.807, 2.05) is 12.1 Å². The van der Waals surface area contributed by atoms with Crippen LogP contribution in [0.2, 0.25) is 0 Å². The third-order valence-corrected chi connectivity index (χ3v) is 5.51. The molecule has 4 rings (SSSR count). The molecule has 0 fully saturated rings. The van der Waals surface area contributed by atoms with Crippen LogP contribution in [0.1, 0.15) is 5.56 Å². The maximum Gasteiger partial charge on any atom is 0.263 e. The Morgan fingerprint density at radius 1 is 1.27 bits per heavy atom. The standard InChI is InChI=1S/C21H18FN5O2S/c1-3-10-26-19(29)15-6-4-5-7-17(15)27-20(26)24-25-21(27)30-12-18(28)23-14-9-8-13(2)16(22)11-14/h3-9,11H,1,10,12H2,2H3,(H,23,28). The minimum atomic E-state index is -0.379. The summed E-state index contributed by atoms with van der Waals surface area (Å²) in [5.74, 6) is -0.257. The van der Waals surface area contributed by atoms with Crippen LogP contribution in [0.4, 0.5) is 10.1 Å². The van der Waals surface area contributed by atoms with Gasteiger partial charge in [-0.25, -0.2) is 4.39 Å². The fourth-order valence-electron chi connectivity index (χ4n) is 3.12. The number of carbonyl (C=O) groups excluding carboxylic acids is 1. The van der Waals surface area contributed by atoms with Crippen molar-refractivity contribution in [1.29, 1.82) is 0 Å². The molecule has 2 aromatic carbocycles. The number of halogens is 1. The summed E-state index contributed by atoms with van der Waals surface area (Å²) in [4.78, 5) is 25.1. The first kappa shape index (κ1) is 19.8. The number of nitrogens with zero attached hydrogens (tertiary/aromatic N) is 4. The maximum absolute atomic E-state index is 13.7. The molecule has 7 nitrogen and oxygen atoms in total. The summed E-state index contributed by atoms with van der Waals surface area (Å²) in [7, 11) is 0. The average Bonchev–Trinajstić information content (AvgIpc) is 3.16. The molecule has 0 saturated heterocycles. The lowest BCUT2D eigenvalue weighted by atomic mass is 10.2. The molecule has 30 heavy (non-hydrogen) atoms. The molecule has 0 aliphatic rings. The number of hydrogen-bond acceptors (Lipinski definition) is 5. The number of hydrogen-bond donors (Lipinski definition) is 1. The Kier molecular flexibility index (Phi) is 5.37. The van der Waals surface area contributed by atoms with Crippen molar-refractivity contribution >= 4 is 40.0 Å². The number of fused-ring (bicyclic) bond motifs is 3. The number of rotatable bonds is 6. The largest absolute Gasteiger partial charge is 0.325 e. The highest BCUT2D eigenvalue weighted by Gasteiger charge is 2.17. The quantitative estimate of drug-likeness (QED) is 0.380. The van der Waals surface area contributed by atoms with E-state index in [0.717, 1.165) is 0 Å². The second-order valence-electron chi connectivity index (χ2n) is 6.64. The van der Waals surface area contributed by atoms with Crippen molar-refractivity contribution in [3.8, 4) is 0 Å². The molecule has 1 amide bonds. The Hall–Kier alpha value is -3.46. The lowest BCUT2D eigenvalue weighted by Crippen LogP contribution is -2.22. The second-order valence-corrected chi connectivity index (χ2v) is 7.58. The second kappa shape index (κ2) is 8.11. The first-order chi connectivity index (χ1) is 14.5. The van der Waals surface area contributed by atoms with E-state index in [4.69, 9.17) is 0 Å².